The topological polar surface area (TPSA) is 38.3 Å². The van der Waals surface area contributed by atoms with E-state index in [-0.39, 0.29) is 11.7 Å². The fourth-order valence-electron chi connectivity index (χ4n) is 2.47. The number of carbonyl (C=O) groups excluding carboxylic acids is 1. The fourth-order valence-corrected chi connectivity index (χ4v) is 3.31. The third-order valence-corrected chi connectivity index (χ3v) is 5.05. The molecule has 0 spiro atoms. The summed E-state index contributed by atoms with van der Waals surface area (Å²) < 4.78 is 19.5. The molecule has 26 heavy (non-hydrogen) atoms. The molecule has 1 atom stereocenters. The SMILES string of the molecule is CCC(Oc1cc(C)ccc1C)C(=O)NCCSCc1ccccc1F. The normalized spacial score (nSPS) is 11.8. The summed E-state index contributed by atoms with van der Waals surface area (Å²) in [5.41, 5.74) is 2.81. The van der Waals surface area contributed by atoms with Crippen molar-refractivity contribution in [2.45, 2.75) is 39.0 Å². The van der Waals surface area contributed by atoms with E-state index >= 15 is 0 Å². The zero-order chi connectivity index (χ0) is 18.9. The number of nitrogens with one attached hydrogen (secondary N) is 1. The third-order valence-electron chi connectivity index (χ3n) is 4.04. The van der Waals surface area contributed by atoms with Gasteiger partial charge in [0, 0.05) is 18.1 Å². The van der Waals surface area contributed by atoms with E-state index < -0.39 is 6.10 Å². The number of hydrogen-bond donors (Lipinski definition) is 1. The molecule has 0 aliphatic heterocycles. The molecule has 5 heteroatoms. The van der Waals surface area contributed by atoms with Gasteiger partial charge in [-0.15, -0.1) is 0 Å². The highest BCUT2D eigenvalue weighted by molar-refractivity contribution is 7.98. The van der Waals surface area contributed by atoms with Gasteiger partial charge in [-0.1, -0.05) is 37.3 Å². The summed E-state index contributed by atoms with van der Waals surface area (Å²) in [7, 11) is 0. The van der Waals surface area contributed by atoms with Gasteiger partial charge in [-0.25, -0.2) is 4.39 Å². The zero-order valence-electron chi connectivity index (χ0n) is 15.5. The second-order valence-corrected chi connectivity index (χ2v) is 7.32. The van der Waals surface area contributed by atoms with Crippen molar-refractivity contribution in [2.24, 2.45) is 0 Å². The van der Waals surface area contributed by atoms with Crippen LogP contribution in [0.1, 0.15) is 30.0 Å². The van der Waals surface area contributed by atoms with Crippen molar-refractivity contribution in [3.8, 4) is 5.75 Å². The van der Waals surface area contributed by atoms with Crippen molar-refractivity contribution in [2.75, 3.05) is 12.3 Å². The number of halogens is 1. The zero-order valence-corrected chi connectivity index (χ0v) is 16.4. The van der Waals surface area contributed by atoms with Gasteiger partial charge in [0.05, 0.1) is 0 Å². The molecule has 0 radical (unpaired) electrons. The molecule has 0 saturated carbocycles. The molecule has 0 bridgehead atoms. The fraction of sp³-hybridized carbons (Fsp3) is 0.381. The largest absolute Gasteiger partial charge is 0.480 e. The Hall–Kier alpha value is -2.01. The summed E-state index contributed by atoms with van der Waals surface area (Å²) in [6.45, 7) is 6.44. The number of amides is 1. The minimum Gasteiger partial charge on any atom is -0.480 e. The van der Waals surface area contributed by atoms with Crippen LogP contribution < -0.4 is 10.1 Å². The van der Waals surface area contributed by atoms with Gasteiger partial charge in [0.15, 0.2) is 6.10 Å². The maximum Gasteiger partial charge on any atom is 0.261 e. The number of hydrogen-bond acceptors (Lipinski definition) is 3. The molecular weight excluding hydrogens is 349 g/mol. The van der Waals surface area contributed by atoms with E-state index in [0.29, 0.717) is 24.3 Å². The Balaban J connectivity index is 1.76. The Kier molecular flexibility index (Phi) is 7.98. The first-order chi connectivity index (χ1) is 12.5. The lowest BCUT2D eigenvalue weighted by molar-refractivity contribution is -0.128. The lowest BCUT2D eigenvalue weighted by atomic mass is 10.1. The van der Waals surface area contributed by atoms with Gasteiger partial charge in [-0.3, -0.25) is 4.79 Å². The van der Waals surface area contributed by atoms with E-state index in [1.54, 1.807) is 23.9 Å². The highest BCUT2D eigenvalue weighted by Crippen LogP contribution is 2.21. The Morgan fingerprint density at radius 3 is 2.73 bits per heavy atom. The summed E-state index contributed by atoms with van der Waals surface area (Å²) >= 11 is 1.59. The van der Waals surface area contributed by atoms with E-state index in [9.17, 15) is 9.18 Å². The van der Waals surface area contributed by atoms with Crippen molar-refractivity contribution < 1.29 is 13.9 Å². The second kappa shape index (κ2) is 10.2. The first-order valence-corrected chi connectivity index (χ1v) is 9.99. The van der Waals surface area contributed by atoms with E-state index in [2.05, 4.69) is 5.32 Å². The number of benzene rings is 2. The van der Waals surface area contributed by atoms with Gasteiger partial charge in [0.2, 0.25) is 0 Å². The van der Waals surface area contributed by atoms with E-state index in [1.165, 1.54) is 6.07 Å². The standard InChI is InChI=1S/C21H26FNO2S/c1-4-19(25-20-13-15(2)9-10-16(20)3)21(24)23-11-12-26-14-17-7-5-6-8-18(17)22/h5-10,13,19H,4,11-12,14H2,1-3H3,(H,23,24). The van der Waals surface area contributed by atoms with Gasteiger partial charge in [0.25, 0.3) is 5.91 Å². The molecule has 0 heterocycles. The first kappa shape index (κ1) is 20.3. The Bertz CT molecular complexity index is 736. The van der Waals surface area contributed by atoms with Crippen LogP contribution in [0.4, 0.5) is 4.39 Å². The van der Waals surface area contributed by atoms with E-state index in [0.717, 1.165) is 22.6 Å². The van der Waals surface area contributed by atoms with Crippen LogP contribution in [-0.2, 0) is 10.5 Å². The van der Waals surface area contributed by atoms with Crippen molar-refractivity contribution in [1.29, 1.82) is 0 Å². The average Bonchev–Trinajstić information content (AvgIpc) is 2.63. The van der Waals surface area contributed by atoms with Gasteiger partial charge in [0.1, 0.15) is 11.6 Å². The molecule has 2 aromatic carbocycles. The molecule has 0 aliphatic carbocycles. The molecule has 0 saturated heterocycles. The number of carbonyl (C=O) groups is 1. The maximum absolute atomic E-state index is 13.5. The van der Waals surface area contributed by atoms with Gasteiger partial charge in [-0.2, -0.15) is 11.8 Å². The minimum atomic E-state index is -0.507. The van der Waals surface area contributed by atoms with Crippen LogP contribution in [0, 0.1) is 19.7 Å². The predicted molar refractivity (Wildman–Crippen MR) is 106 cm³/mol. The third kappa shape index (κ3) is 6.06. The summed E-state index contributed by atoms with van der Waals surface area (Å²) in [5, 5.41) is 2.91. The summed E-state index contributed by atoms with van der Waals surface area (Å²) in [6.07, 6.45) is 0.0914. The summed E-state index contributed by atoms with van der Waals surface area (Å²) in [5.74, 6) is 1.77. The molecule has 140 valence electrons. The van der Waals surface area contributed by atoms with E-state index in [1.807, 2.05) is 45.0 Å². The average molecular weight is 376 g/mol. The van der Waals surface area contributed by atoms with Crippen LogP contribution in [0.2, 0.25) is 0 Å². The smallest absolute Gasteiger partial charge is 0.261 e. The lowest BCUT2D eigenvalue weighted by Gasteiger charge is -2.19. The van der Waals surface area contributed by atoms with E-state index in [4.69, 9.17) is 4.74 Å². The van der Waals surface area contributed by atoms with Crippen LogP contribution in [0.15, 0.2) is 42.5 Å². The molecule has 3 nitrogen and oxygen atoms in total. The van der Waals surface area contributed by atoms with Gasteiger partial charge < -0.3 is 10.1 Å². The van der Waals surface area contributed by atoms with Crippen molar-refractivity contribution in [1.82, 2.24) is 5.32 Å². The van der Waals surface area contributed by atoms with Crippen LogP contribution in [-0.4, -0.2) is 24.3 Å². The molecule has 2 aromatic rings. The first-order valence-electron chi connectivity index (χ1n) is 8.84. The Morgan fingerprint density at radius 2 is 2.00 bits per heavy atom. The van der Waals surface area contributed by atoms with Gasteiger partial charge >= 0.3 is 0 Å². The Labute approximate surface area is 159 Å². The highest BCUT2D eigenvalue weighted by atomic mass is 32.2. The molecule has 2 rings (SSSR count). The molecule has 1 unspecified atom stereocenters. The number of thioether (sulfide) groups is 1. The summed E-state index contributed by atoms with van der Waals surface area (Å²) in [4.78, 5) is 12.4. The number of ether oxygens (including phenoxy) is 1. The van der Waals surface area contributed by atoms with Crippen LogP contribution in [0.25, 0.3) is 0 Å². The quantitative estimate of drug-likeness (QED) is 0.649. The monoisotopic (exact) mass is 375 g/mol. The highest BCUT2D eigenvalue weighted by Gasteiger charge is 2.18. The van der Waals surface area contributed by atoms with Crippen molar-refractivity contribution >= 4 is 17.7 Å². The molecule has 1 amide bonds. The molecule has 1 N–H and O–H groups in total. The van der Waals surface area contributed by atoms with Crippen LogP contribution >= 0.6 is 11.8 Å². The predicted octanol–water partition coefficient (Wildman–Crippen LogP) is 4.65. The lowest BCUT2D eigenvalue weighted by Crippen LogP contribution is -2.39. The van der Waals surface area contributed by atoms with Crippen molar-refractivity contribution in [3.05, 3.63) is 65.0 Å². The van der Waals surface area contributed by atoms with Crippen LogP contribution in [0.5, 0.6) is 5.75 Å². The molecular formula is C21H26FNO2S. The van der Waals surface area contributed by atoms with Gasteiger partial charge in [-0.05, 0) is 49.1 Å². The van der Waals surface area contributed by atoms with Crippen LogP contribution in [0.3, 0.4) is 0 Å². The number of aryl methyl sites for hydroxylation is 2. The number of rotatable bonds is 9. The molecule has 0 aliphatic rings. The molecule has 0 fully saturated rings. The maximum atomic E-state index is 13.5. The minimum absolute atomic E-state index is 0.111. The summed E-state index contributed by atoms with van der Waals surface area (Å²) in [6, 6.07) is 12.7. The Morgan fingerprint density at radius 1 is 1.23 bits per heavy atom. The van der Waals surface area contributed by atoms with Crippen molar-refractivity contribution in [3.63, 3.8) is 0 Å². The second-order valence-electron chi connectivity index (χ2n) is 6.22. The molecule has 0 aromatic heterocycles.